The molecule has 0 unspecified atom stereocenters. The van der Waals surface area contributed by atoms with Crippen molar-refractivity contribution in [1.82, 2.24) is 24.9 Å². The van der Waals surface area contributed by atoms with Crippen LogP contribution in [-0.4, -0.2) is 24.9 Å². The van der Waals surface area contributed by atoms with Gasteiger partial charge in [-0.25, -0.2) is 15.0 Å². The normalized spacial score (nSPS) is 10.9. The first kappa shape index (κ1) is 28.9. The molecule has 8 rings (SSSR count). The highest BCUT2D eigenvalue weighted by molar-refractivity contribution is 5.81. The zero-order valence-corrected chi connectivity index (χ0v) is 26.0. The van der Waals surface area contributed by atoms with Crippen molar-refractivity contribution in [2.45, 2.75) is 0 Å². The largest absolute Gasteiger partial charge is 0.256 e. The van der Waals surface area contributed by atoms with Crippen LogP contribution < -0.4 is 0 Å². The molecule has 8 aromatic rings. The van der Waals surface area contributed by atoms with Crippen molar-refractivity contribution in [3.05, 3.63) is 176 Å². The first-order chi connectivity index (χ1) is 23.8. The lowest BCUT2D eigenvalue weighted by Gasteiger charge is -2.13. The lowest BCUT2D eigenvalue weighted by Crippen LogP contribution is -2.00. The summed E-state index contributed by atoms with van der Waals surface area (Å²) < 4.78 is 0. The van der Waals surface area contributed by atoms with Gasteiger partial charge in [-0.1, -0.05) is 121 Å². The molecule has 0 fully saturated rings. The molecule has 0 aliphatic carbocycles. The van der Waals surface area contributed by atoms with Crippen molar-refractivity contribution in [1.29, 1.82) is 0 Å². The molecule has 0 bridgehead atoms. The predicted molar refractivity (Wildman–Crippen MR) is 193 cm³/mol. The summed E-state index contributed by atoms with van der Waals surface area (Å²) in [7, 11) is 0. The van der Waals surface area contributed by atoms with Gasteiger partial charge in [-0.05, 0) is 64.7 Å². The molecule has 0 radical (unpaired) electrons. The van der Waals surface area contributed by atoms with E-state index in [-0.39, 0.29) is 0 Å². The Morgan fingerprint density at radius 3 is 0.979 bits per heavy atom. The van der Waals surface area contributed by atoms with Crippen molar-refractivity contribution in [2.75, 3.05) is 0 Å². The van der Waals surface area contributed by atoms with Crippen LogP contribution in [0.5, 0.6) is 0 Å². The van der Waals surface area contributed by atoms with Gasteiger partial charge >= 0.3 is 0 Å². The minimum atomic E-state index is 0.573. The molecule has 0 atom stereocenters. The number of hydrogen-bond donors (Lipinski definition) is 0. The van der Waals surface area contributed by atoms with Gasteiger partial charge in [0.25, 0.3) is 0 Å². The second-order valence-electron chi connectivity index (χ2n) is 11.4. The van der Waals surface area contributed by atoms with Crippen molar-refractivity contribution in [3.8, 4) is 78.9 Å². The molecular formula is C43H29N5. The Bertz CT molecular complexity index is 2170. The Hall–Kier alpha value is -6.59. The van der Waals surface area contributed by atoms with E-state index in [0.717, 1.165) is 61.5 Å². The quantitative estimate of drug-likeness (QED) is 0.178. The summed E-state index contributed by atoms with van der Waals surface area (Å²) in [5.41, 5.74) is 10.7. The number of rotatable bonds is 7. The van der Waals surface area contributed by atoms with Crippen molar-refractivity contribution in [2.24, 2.45) is 0 Å². The second kappa shape index (κ2) is 13.0. The van der Waals surface area contributed by atoms with Crippen LogP contribution in [0.4, 0.5) is 0 Å². The van der Waals surface area contributed by atoms with Gasteiger partial charge in [0.15, 0.2) is 17.5 Å². The standard InChI is InChI=1S/C43H29N5/c1-5-13-30(14-6-1)34-21-23-44-39(28-34)36-25-37(40-29-35(22-24-45-40)31-15-7-2-8-16-31)27-38(26-36)43-47-41(32-17-9-3-10-18-32)46-42(48-43)33-19-11-4-12-20-33/h1-29H. The SMILES string of the molecule is c1ccc(-c2ccnc(-c3cc(-c4cc(-c5ccccc5)ccn4)cc(-c4nc(-c5ccccc5)nc(-c5ccccc5)n4)c3)c2)cc1. The first-order valence-corrected chi connectivity index (χ1v) is 15.8. The fraction of sp³-hybridized carbons (Fsp3) is 0. The third-order valence-electron chi connectivity index (χ3n) is 8.22. The second-order valence-corrected chi connectivity index (χ2v) is 11.4. The van der Waals surface area contributed by atoms with Gasteiger partial charge in [0.1, 0.15) is 0 Å². The fourth-order valence-electron chi connectivity index (χ4n) is 5.79. The van der Waals surface area contributed by atoms with Crippen molar-refractivity contribution in [3.63, 3.8) is 0 Å². The third kappa shape index (κ3) is 6.13. The van der Waals surface area contributed by atoms with Crippen LogP contribution in [0, 0.1) is 0 Å². The topological polar surface area (TPSA) is 64.5 Å². The smallest absolute Gasteiger partial charge is 0.164 e. The molecule has 0 aliphatic heterocycles. The van der Waals surface area contributed by atoms with Gasteiger partial charge in [0, 0.05) is 40.2 Å². The molecule has 48 heavy (non-hydrogen) atoms. The molecule has 5 nitrogen and oxygen atoms in total. The van der Waals surface area contributed by atoms with E-state index in [1.807, 2.05) is 97.3 Å². The maximum atomic E-state index is 5.04. The Balaban J connectivity index is 1.33. The summed E-state index contributed by atoms with van der Waals surface area (Å²) in [5, 5.41) is 0. The average Bonchev–Trinajstić information content (AvgIpc) is 3.19. The van der Waals surface area contributed by atoms with E-state index in [9.17, 15) is 0 Å². The summed E-state index contributed by atoms with van der Waals surface area (Å²) in [6, 6.07) is 55.5. The average molecular weight is 616 g/mol. The summed E-state index contributed by atoms with van der Waals surface area (Å²) in [4.78, 5) is 24.6. The van der Waals surface area contributed by atoms with Gasteiger partial charge in [-0.3, -0.25) is 9.97 Å². The molecule has 226 valence electrons. The minimum Gasteiger partial charge on any atom is -0.256 e. The van der Waals surface area contributed by atoms with Gasteiger partial charge < -0.3 is 0 Å². The molecule has 5 heteroatoms. The highest BCUT2D eigenvalue weighted by Crippen LogP contribution is 2.34. The Morgan fingerprint density at radius 2 is 0.583 bits per heavy atom. The summed E-state index contributed by atoms with van der Waals surface area (Å²) in [5.74, 6) is 1.80. The van der Waals surface area contributed by atoms with Gasteiger partial charge in [0.2, 0.25) is 0 Å². The van der Waals surface area contributed by atoms with E-state index >= 15 is 0 Å². The molecule has 0 spiro atoms. The maximum absolute atomic E-state index is 5.04. The summed E-state index contributed by atoms with van der Waals surface area (Å²) in [6.07, 6.45) is 3.73. The molecule has 0 aliphatic rings. The van der Waals surface area contributed by atoms with Crippen LogP contribution in [0.2, 0.25) is 0 Å². The van der Waals surface area contributed by atoms with Gasteiger partial charge in [0.05, 0.1) is 11.4 Å². The number of nitrogens with zero attached hydrogens (tertiary/aromatic N) is 5. The molecule has 0 amide bonds. The Morgan fingerprint density at radius 1 is 0.250 bits per heavy atom. The summed E-state index contributed by atoms with van der Waals surface area (Å²) in [6.45, 7) is 0. The number of aromatic nitrogens is 5. The highest BCUT2D eigenvalue weighted by Gasteiger charge is 2.16. The number of pyridine rings is 2. The van der Waals surface area contributed by atoms with E-state index in [2.05, 4.69) is 78.9 Å². The van der Waals surface area contributed by atoms with Crippen LogP contribution in [0.3, 0.4) is 0 Å². The highest BCUT2D eigenvalue weighted by atomic mass is 15.0. The molecule has 5 aromatic carbocycles. The predicted octanol–water partition coefficient (Wildman–Crippen LogP) is 10.3. The molecular weight excluding hydrogens is 587 g/mol. The Labute approximate surface area is 279 Å². The summed E-state index contributed by atoms with van der Waals surface area (Å²) >= 11 is 0. The maximum Gasteiger partial charge on any atom is 0.164 e. The van der Waals surface area contributed by atoms with E-state index in [4.69, 9.17) is 24.9 Å². The zero-order chi connectivity index (χ0) is 32.1. The molecule has 3 aromatic heterocycles. The lowest BCUT2D eigenvalue weighted by molar-refractivity contribution is 1.07. The third-order valence-corrected chi connectivity index (χ3v) is 8.22. The van der Waals surface area contributed by atoms with Gasteiger partial charge in [-0.15, -0.1) is 0 Å². The van der Waals surface area contributed by atoms with E-state index in [0.29, 0.717) is 17.5 Å². The zero-order valence-electron chi connectivity index (χ0n) is 26.0. The van der Waals surface area contributed by atoms with Crippen LogP contribution in [-0.2, 0) is 0 Å². The van der Waals surface area contributed by atoms with Crippen LogP contribution in [0.1, 0.15) is 0 Å². The molecule has 0 saturated heterocycles. The molecule has 0 saturated carbocycles. The van der Waals surface area contributed by atoms with Crippen LogP contribution in [0.15, 0.2) is 176 Å². The van der Waals surface area contributed by atoms with E-state index in [1.54, 1.807) is 0 Å². The molecule has 0 N–H and O–H groups in total. The van der Waals surface area contributed by atoms with Gasteiger partial charge in [-0.2, -0.15) is 0 Å². The lowest BCUT2D eigenvalue weighted by atomic mass is 9.97. The number of hydrogen-bond acceptors (Lipinski definition) is 5. The minimum absolute atomic E-state index is 0.573. The van der Waals surface area contributed by atoms with Crippen molar-refractivity contribution < 1.29 is 0 Å². The first-order valence-electron chi connectivity index (χ1n) is 15.8. The fourth-order valence-corrected chi connectivity index (χ4v) is 5.79. The van der Waals surface area contributed by atoms with E-state index < -0.39 is 0 Å². The number of benzene rings is 5. The van der Waals surface area contributed by atoms with Crippen molar-refractivity contribution >= 4 is 0 Å². The van der Waals surface area contributed by atoms with E-state index in [1.165, 1.54) is 0 Å². The Kier molecular flexibility index (Phi) is 7.83. The monoisotopic (exact) mass is 615 g/mol. The molecule has 3 heterocycles. The van der Waals surface area contributed by atoms with Crippen LogP contribution >= 0.6 is 0 Å². The van der Waals surface area contributed by atoms with Crippen LogP contribution in [0.25, 0.3) is 78.9 Å².